The van der Waals surface area contributed by atoms with E-state index in [1.807, 2.05) is 0 Å². The van der Waals surface area contributed by atoms with Crippen molar-refractivity contribution < 1.29 is 58.1 Å². The smallest absolute Gasteiger partial charge is 0.222 e. The van der Waals surface area contributed by atoms with Crippen LogP contribution in [-0.4, -0.2) is 144 Å². The fraction of sp³-hybridized carbons (Fsp3) is 0.870. The van der Waals surface area contributed by atoms with E-state index in [0.717, 1.165) is 0 Å². The largest absolute Gasteiger partial charge is 0.388 e. The van der Waals surface area contributed by atoms with Gasteiger partial charge in [0.05, 0.1) is 78.8 Å². The molecule has 0 aliphatic carbocycles. The van der Waals surface area contributed by atoms with E-state index in [1.54, 1.807) is 6.92 Å². The Kier molecular flexibility index (Phi) is 19.5. The van der Waals surface area contributed by atoms with Gasteiger partial charge in [-0.15, -0.1) is 0 Å². The zero-order chi connectivity index (χ0) is 27.3. The molecule has 0 bridgehead atoms. The number of hydrogen-bond donors (Lipinski definition) is 5. The molecular weight excluding hydrogens is 496 g/mol. The Morgan fingerprint density at radius 3 is 1.76 bits per heavy atom. The molecule has 0 aromatic heterocycles. The standard InChI is InChI=1S/C23H43N2O12/c1-17-20(28)21(29)22(30)23(37-17)36-16-15-33-8-5-25-19(27)3-6-31-9-11-34-13-14-35-12-10-32-7-4-24-18(2)26/h17,20-23,28-30H,2-16H2,1H3,(H,24,26)(H,25,27)/t17-,20-,21+,22+,23+/m0/s1. The molecular formula is C23H43N2O12. The lowest BCUT2D eigenvalue weighted by Crippen LogP contribution is -2.57. The molecule has 5 atom stereocenters. The predicted molar refractivity (Wildman–Crippen MR) is 128 cm³/mol. The fourth-order valence-corrected chi connectivity index (χ4v) is 3.02. The Hall–Kier alpha value is -1.46. The number of rotatable bonds is 22. The highest BCUT2D eigenvalue weighted by Crippen LogP contribution is 2.21. The van der Waals surface area contributed by atoms with E-state index < -0.39 is 30.7 Å². The number of amides is 2. The van der Waals surface area contributed by atoms with Crippen molar-refractivity contribution in [3.05, 3.63) is 6.92 Å². The lowest BCUT2D eigenvalue weighted by atomic mass is 10.0. The summed E-state index contributed by atoms with van der Waals surface area (Å²) in [6.45, 7) is 9.24. The molecule has 1 aliphatic heterocycles. The van der Waals surface area contributed by atoms with Crippen molar-refractivity contribution >= 4 is 11.8 Å². The van der Waals surface area contributed by atoms with Gasteiger partial charge in [0, 0.05) is 26.4 Å². The Morgan fingerprint density at radius 2 is 1.19 bits per heavy atom. The average Bonchev–Trinajstić information content (AvgIpc) is 2.87. The molecule has 37 heavy (non-hydrogen) atoms. The summed E-state index contributed by atoms with van der Waals surface area (Å²) in [6, 6.07) is 0. The van der Waals surface area contributed by atoms with Gasteiger partial charge in [-0.1, -0.05) is 0 Å². The predicted octanol–water partition coefficient (Wildman–Crippen LogP) is -2.63. The minimum Gasteiger partial charge on any atom is -0.388 e. The molecule has 0 unspecified atom stereocenters. The summed E-state index contributed by atoms with van der Waals surface area (Å²) in [5.74, 6) is -0.494. The molecule has 14 nitrogen and oxygen atoms in total. The van der Waals surface area contributed by atoms with Crippen LogP contribution in [0.25, 0.3) is 0 Å². The van der Waals surface area contributed by atoms with E-state index in [1.165, 1.54) is 0 Å². The van der Waals surface area contributed by atoms with Crippen LogP contribution in [0.5, 0.6) is 0 Å². The zero-order valence-corrected chi connectivity index (χ0v) is 21.5. The molecule has 0 saturated carbocycles. The Balaban J connectivity index is 1.81. The lowest BCUT2D eigenvalue weighted by molar-refractivity contribution is -0.294. The highest BCUT2D eigenvalue weighted by atomic mass is 16.7. The number of aliphatic hydroxyl groups is 3. The second kappa shape index (κ2) is 21.5. The molecule has 217 valence electrons. The molecule has 1 aliphatic rings. The van der Waals surface area contributed by atoms with Crippen LogP contribution in [0.3, 0.4) is 0 Å². The van der Waals surface area contributed by atoms with Gasteiger partial charge in [-0.25, -0.2) is 0 Å². The van der Waals surface area contributed by atoms with Crippen LogP contribution in [0.2, 0.25) is 0 Å². The Morgan fingerprint density at radius 1 is 0.703 bits per heavy atom. The molecule has 1 fully saturated rings. The monoisotopic (exact) mass is 539 g/mol. The highest BCUT2D eigenvalue weighted by Gasteiger charge is 2.42. The summed E-state index contributed by atoms with van der Waals surface area (Å²) in [6.07, 6.45) is -5.37. The molecule has 5 N–H and O–H groups in total. The maximum atomic E-state index is 11.8. The molecule has 0 aromatic rings. The van der Waals surface area contributed by atoms with Crippen molar-refractivity contribution in [2.75, 3.05) is 85.8 Å². The van der Waals surface area contributed by atoms with Crippen LogP contribution in [-0.2, 0) is 42.7 Å². The quantitative estimate of drug-likeness (QED) is 0.0904. The number of carbonyl (C=O) groups excluding carboxylic acids is 2. The molecule has 14 heteroatoms. The molecule has 0 spiro atoms. The van der Waals surface area contributed by atoms with Crippen LogP contribution in [0.15, 0.2) is 0 Å². The molecule has 0 aromatic carbocycles. The van der Waals surface area contributed by atoms with Crippen LogP contribution in [0.4, 0.5) is 0 Å². The lowest BCUT2D eigenvalue weighted by Gasteiger charge is -2.38. The highest BCUT2D eigenvalue weighted by molar-refractivity contribution is 5.79. The van der Waals surface area contributed by atoms with Crippen molar-refractivity contribution in [3.8, 4) is 0 Å². The number of nitrogens with one attached hydrogen (secondary N) is 2. The maximum absolute atomic E-state index is 11.8. The second-order valence-electron chi connectivity index (χ2n) is 8.06. The number of carbonyl (C=O) groups is 2. The molecule has 1 rings (SSSR count). The SMILES string of the molecule is [CH2]C(=O)NCCOCCOCCOCCOCCC(=O)NCCOCCO[C@@H]1O[C@@H](C)[C@H](O)[C@@H](O)[C@H]1O. The minimum atomic E-state index is -1.35. The summed E-state index contributed by atoms with van der Waals surface area (Å²) < 4.78 is 37.3. The average molecular weight is 540 g/mol. The third-order valence-corrected chi connectivity index (χ3v) is 5.04. The van der Waals surface area contributed by atoms with Gasteiger partial charge < -0.3 is 59.1 Å². The van der Waals surface area contributed by atoms with Gasteiger partial charge in [-0.3, -0.25) is 9.59 Å². The second-order valence-corrected chi connectivity index (χ2v) is 8.06. The maximum Gasteiger partial charge on any atom is 0.222 e. The van der Waals surface area contributed by atoms with Crippen LogP contribution in [0.1, 0.15) is 13.3 Å². The number of ether oxygens (including phenoxy) is 7. The summed E-state index contributed by atoms with van der Waals surface area (Å²) >= 11 is 0. The summed E-state index contributed by atoms with van der Waals surface area (Å²) in [5.41, 5.74) is 0. The van der Waals surface area contributed by atoms with Gasteiger partial charge in [0.1, 0.15) is 18.3 Å². The fourth-order valence-electron chi connectivity index (χ4n) is 3.02. The van der Waals surface area contributed by atoms with E-state index in [2.05, 4.69) is 17.6 Å². The zero-order valence-electron chi connectivity index (χ0n) is 21.5. The van der Waals surface area contributed by atoms with Crippen LogP contribution >= 0.6 is 0 Å². The van der Waals surface area contributed by atoms with Gasteiger partial charge in [0.25, 0.3) is 0 Å². The Labute approximate surface area is 217 Å². The first kappa shape index (κ1) is 33.6. The first-order valence-electron chi connectivity index (χ1n) is 12.4. The van der Waals surface area contributed by atoms with Crippen LogP contribution in [0, 0.1) is 6.92 Å². The molecule has 1 saturated heterocycles. The van der Waals surface area contributed by atoms with E-state index in [0.29, 0.717) is 59.3 Å². The Bertz CT molecular complexity index is 600. The third-order valence-electron chi connectivity index (χ3n) is 5.04. The molecule has 1 heterocycles. The van der Waals surface area contributed by atoms with E-state index in [-0.39, 0.29) is 44.7 Å². The summed E-state index contributed by atoms with van der Waals surface area (Å²) in [7, 11) is 0. The van der Waals surface area contributed by atoms with Crippen molar-refractivity contribution in [1.82, 2.24) is 10.6 Å². The normalized spacial score (nSPS) is 23.6. The van der Waals surface area contributed by atoms with E-state index >= 15 is 0 Å². The number of hydrogen-bond acceptors (Lipinski definition) is 12. The van der Waals surface area contributed by atoms with Crippen molar-refractivity contribution in [2.45, 2.75) is 44.1 Å². The minimum absolute atomic E-state index is 0.112. The topological polar surface area (TPSA) is 184 Å². The first-order chi connectivity index (χ1) is 17.8. The first-order valence-corrected chi connectivity index (χ1v) is 12.4. The van der Waals surface area contributed by atoms with Gasteiger partial charge in [-0.05, 0) is 6.92 Å². The summed E-state index contributed by atoms with van der Waals surface area (Å²) in [5, 5.41) is 34.5. The van der Waals surface area contributed by atoms with Crippen molar-refractivity contribution in [1.29, 1.82) is 0 Å². The van der Waals surface area contributed by atoms with Gasteiger partial charge >= 0.3 is 0 Å². The third kappa shape index (κ3) is 16.9. The van der Waals surface area contributed by atoms with Gasteiger partial charge in [0.2, 0.25) is 11.8 Å². The van der Waals surface area contributed by atoms with Crippen molar-refractivity contribution in [3.63, 3.8) is 0 Å². The van der Waals surface area contributed by atoms with E-state index in [4.69, 9.17) is 33.2 Å². The number of aliphatic hydroxyl groups excluding tert-OH is 3. The van der Waals surface area contributed by atoms with Crippen molar-refractivity contribution in [2.24, 2.45) is 0 Å². The van der Waals surface area contributed by atoms with Gasteiger partial charge in [-0.2, -0.15) is 0 Å². The van der Waals surface area contributed by atoms with E-state index in [9.17, 15) is 24.9 Å². The summed E-state index contributed by atoms with van der Waals surface area (Å²) in [4.78, 5) is 22.3. The molecule has 1 radical (unpaired) electrons. The van der Waals surface area contributed by atoms with Crippen LogP contribution < -0.4 is 10.6 Å². The molecule has 2 amide bonds. The van der Waals surface area contributed by atoms with Gasteiger partial charge in [0.15, 0.2) is 6.29 Å².